The van der Waals surface area contributed by atoms with Crippen LogP contribution >= 0.6 is 15.9 Å². The van der Waals surface area contributed by atoms with E-state index < -0.39 is 10.2 Å². The number of ether oxygens (including phenoxy) is 1. The third-order valence-electron chi connectivity index (χ3n) is 3.18. The molecular weight excluding hydrogens is 308 g/mol. The first kappa shape index (κ1) is 13.7. The highest BCUT2D eigenvalue weighted by atomic mass is 79.9. The molecular formula is C10H19BrN2O3S. The normalized spacial score (nSPS) is 33.1. The van der Waals surface area contributed by atoms with Crippen LogP contribution in [0.25, 0.3) is 0 Å². The van der Waals surface area contributed by atoms with Crippen LogP contribution in [0.5, 0.6) is 0 Å². The minimum Gasteiger partial charge on any atom is -0.372 e. The van der Waals surface area contributed by atoms with Crippen LogP contribution in [0.3, 0.4) is 0 Å². The molecule has 0 aromatic carbocycles. The van der Waals surface area contributed by atoms with Crippen molar-refractivity contribution >= 4 is 26.1 Å². The first-order chi connectivity index (χ1) is 8.04. The molecule has 2 saturated heterocycles. The molecule has 0 bridgehead atoms. The van der Waals surface area contributed by atoms with Gasteiger partial charge in [-0.2, -0.15) is 17.0 Å². The van der Waals surface area contributed by atoms with Crippen molar-refractivity contribution in [1.82, 2.24) is 8.61 Å². The highest BCUT2D eigenvalue weighted by molar-refractivity contribution is 9.09. The van der Waals surface area contributed by atoms with Gasteiger partial charge in [-0.05, 0) is 19.8 Å². The van der Waals surface area contributed by atoms with E-state index in [0.717, 1.165) is 12.8 Å². The van der Waals surface area contributed by atoms with Crippen LogP contribution in [-0.4, -0.2) is 60.7 Å². The Morgan fingerprint density at radius 3 is 2.47 bits per heavy atom. The van der Waals surface area contributed by atoms with Gasteiger partial charge in [-0.25, -0.2) is 0 Å². The third kappa shape index (κ3) is 3.01. The van der Waals surface area contributed by atoms with Crippen LogP contribution in [0, 0.1) is 0 Å². The quantitative estimate of drug-likeness (QED) is 0.721. The molecule has 0 aliphatic carbocycles. The number of nitrogens with zero attached hydrogens (tertiary/aromatic N) is 2. The summed E-state index contributed by atoms with van der Waals surface area (Å²) in [4.78, 5) is 0. The lowest BCUT2D eigenvalue weighted by Crippen LogP contribution is -2.53. The van der Waals surface area contributed by atoms with Crippen molar-refractivity contribution in [3.05, 3.63) is 0 Å². The highest BCUT2D eigenvalue weighted by Crippen LogP contribution is 2.21. The largest absolute Gasteiger partial charge is 0.372 e. The van der Waals surface area contributed by atoms with Crippen molar-refractivity contribution in [1.29, 1.82) is 0 Å². The average Bonchev–Trinajstić information content (AvgIpc) is 2.82. The summed E-state index contributed by atoms with van der Waals surface area (Å²) < 4.78 is 33.6. The lowest BCUT2D eigenvalue weighted by Gasteiger charge is -2.37. The molecule has 2 fully saturated rings. The second-order valence-corrected chi connectivity index (χ2v) is 7.23. The van der Waals surface area contributed by atoms with Gasteiger partial charge < -0.3 is 4.74 Å². The summed E-state index contributed by atoms with van der Waals surface area (Å²) >= 11 is 3.36. The second-order valence-electron chi connectivity index (χ2n) is 4.65. The zero-order chi connectivity index (χ0) is 12.5. The minimum absolute atomic E-state index is 0.0383. The lowest BCUT2D eigenvalue weighted by molar-refractivity contribution is -0.0423. The number of halogens is 1. The van der Waals surface area contributed by atoms with E-state index in [2.05, 4.69) is 15.9 Å². The molecule has 5 nitrogen and oxygen atoms in total. The number of rotatable bonds is 3. The third-order valence-corrected chi connectivity index (χ3v) is 5.87. The van der Waals surface area contributed by atoms with Gasteiger partial charge in [0.1, 0.15) is 0 Å². The summed E-state index contributed by atoms with van der Waals surface area (Å²) in [6.45, 7) is 4.15. The number of alkyl halides is 1. The van der Waals surface area contributed by atoms with Gasteiger partial charge in [0.2, 0.25) is 0 Å². The van der Waals surface area contributed by atoms with E-state index in [1.165, 1.54) is 0 Å². The summed E-state index contributed by atoms with van der Waals surface area (Å²) in [5, 5.41) is 0.670. The van der Waals surface area contributed by atoms with E-state index in [1.54, 1.807) is 8.61 Å². The Kier molecular flexibility index (Phi) is 4.46. The molecule has 7 heteroatoms. The van der Waals surface area contributed by atoms with Gasteiger partial charge in [0, 0.05) is 31.5 Å². The van der Waals surface area contributed by atoms with Gasteiger partial charge in [0.25, 0.3) is 10.2 Å². The van der Waals surface area contributed by atoms with Gasteiger partial charge in [-0.15, -0.1) is 0 Å². The van der Waals surface area contributed by atoms with Gasteiger partial charge in [0.05, 0.1) is 12.2 Å². The van der Waals surface area contributed by atoms with Crippen LogP contribution in [0.4, 0.5) is 0 Å². The number of hydrogen-bond donors (Lipinski definition) is 0. The Bertz CT molecular complexity index is 357. The van der Waals surface area contributed by atoms with Crippen molar-refractivity contribution < 1.29 is 13.2 Å². The van der Waals surface area contributed by atoms with Crippen molar-refractivity contribution in [3.8, 4) is 0 Å². The molecule has 17 heavy (non-hydrogen) atoms. The van der Waals surface area contributed by atoms with Crippen LogP contribution in [0.2, 0.25) is 0 Å². The van der Waals surface area contributed by atoms with Crippen molar-refractivity contribution in [2.45, 2.75) is 32.0 Å². The summed E-state index contributed by atoms with van der Waals surface area (Å²) in [7, 11) is -3.27. The monoisotopic (exact) mass is 326 g/mol. The van der Waals surface area contributed by atoms with Crippen LogP contribution in [-0.2, 0) is 14.9 Å². The zero-order valence-electron chi connectivity index (χ0n) is 10.0. The summed E-state index contributed by atoms with van der Waals surface area (Å²) in [6.07, 6.45) is 1.86. The smallest absolute Gasteiger partial charge is 0.282 e. The van der Waals surface area contributed by atoms with E-state index in [0.29, 0.717) is 31.5 Å². The van der Waals surface area contributed by atoms with Crippen LogP contribution < -0.4 is 0 Å². The Balaban J connectivity index is 2.09. The summed E-state index contributed by atoms with van der Waals surface area (Å²) in [5.41, 5.74) is 0. The molecule has 2 atom stereocenters. The maximum atomic E-state index is 12.4. The van der Waals surface area contributed by atoms with E-state index in [9.17, 15) is 8.42 Å². The molecule has 0 amide bonds. The van der Waals surface area contributed by atoms with Gasteiger partial charge in [-0.1, -0.05) is 15.9 Å². The molecule has 2 aliphatic heterocycles. The van der Waals surface area contributed by atoms with Gasteiger partial charge in [-0.3, -0.25) is 0 Å². The molecule has 0 radical (unpaired) electrons. The first-order valence-electron chi connectivity index (χ1n) is 6.00. The molecule has 0 spiro atoms. The standard InChI is InChI=1S/C10H19BrN2O3S/c1-9-7-13(8-10(6-11)16-9)17(14,15)12-4-2-3-5-12/h9-10H,2-8H2,1H3. The van der Waals surface area contributed by atoms with Crippen molar-refractivity contribution in [2.75, 3.05) is 31.5 Å². The fourth-order valence-electron chi connectivity index (χ4n) is 2.36. The first-order valence-corrected chi connectivity index (χ1v) is 8.52. The van der Waals surface area contributed by atoms with Gasteiger partial charge in [0.15, 0.2) is 0 Å². The fourth-order valence-corrected chi connectivity index (χ4v) is 4.52. The molecule has 100 valence electrons. The zero-order valence-corrected chi connectivity index (χ0v) is 12.4. The molecule has 0 aromatic rings. The summed E-state index contributed by atoms with van der Waals surface area (Å²) in [5.74, 6) is 0. The minimum atomic E-state index is -3.27. The SMILES string of the molecule is CC1CN(S(=O)(=O)N2CCCC2)CC(CBr)O1. The summed E-state index contributed by atoms with van der Waals surface area (Å²) in [6, 6.07) is 0. The molecule has 0 saturated carbocycles. The topological polar surface area (TPSA) is 49.9 Å². The van der Waals surface area contributed by atoms with Crippen LogP contribution in [0.1, 0.15) is 19.8 Å². The lowest BCUT2D eigenvalue weighted by atomic mass is 10.3. The Hall–Kier alpha value is 0.310. The maximum Gasteiger partial charge on any atom is 0.282 e. The van der Waals surface area contributed by atoms with E-state index in [4.69, 9.17) is 4.74 Å². The molecule has 2 rings (SSSR count). The fraction of sp³-hybridized carbons (Fsp3) is 1.00. The van der Waals surface area contributed by atoms with Crippen LogP contribution in [0.15, 0.2) is 0 Å². The Morgan fingerprint density at radius 2 is 1.88 bits per heavy atom. The van der Waals surface area contributed by atoms with Crippen molar-refractivity contribution in [2.24, 2.45) is 0 Å². The highest BCUT2D eigenvalue weighted by Gasteiger charge is 2.37. The number of morpholine rings is 1. The molecule has 0 aromatic heterocycles. The number of hydrogen-bond acceptors (Lipinski definition) is 3. The molecule has 2 heterocycles. The predicted octanol–water partition coefficient (Wildman–Crippen LogP) is 0.811. The Labute approximate surface area is 111 Å². The maximum absolute atomic E-state index is 12.4. The Morgan fingerprint density at radius 1 is 1.24 bits per heavy atom. The van der Waals surface area contributed by atoms with Gasteiger partial charge >= 0.3 is 0 Å². The molecule has 2 unspecified atom stereocenters. The van der Waals surface area contributed by atoms with Crippen molar-refractivity contribution in [3.63, 3.8) is 0 Å². The predicted molar refractivity (Wildman–Crippen MR) is 69.4 cm³/mol. The van der Waals surface area contributed by atoms with E-state index in [-0.39, 0.29) is 12.2 Å². The second kappa shape index (κ2) is 5.52. The average molecular weight is 327 g/mol. The van der Waals surface area contributed by atoms with E-state index >= 15 is 0 Å². The molecule has 0 N–H and O–H groups in total. The van der Waals surface area contributed by atoms with E-state index in [1.807, 2.05) is 6.92 Å². The molecule has 2 aliphatic rings.